The van der Waals surface area contributed by atoms with Gasteiger partial charge in [0.2, 0.25) is 5.91 Å². The number of carbonyl (C=O) groups is 1. The fourth-order valence-corrected chi connectivity index (χ4v) is 4.90. The number of hydrogen-bond donors (Lipinski definition) is 0. The zero-order chi connectivity index (χ0) is 23.2. The third-order valence-corrected chi connectivity index (χ3v) is 6.67. The van der Waals surface area contributed by atoms with Crippen LogP contribution in [0.5, 0.6) is 5.75 Å². The number of nitrogens with zero attached hydrogens (tertiary/aromatic N) is 3. The van der Waals surface area contributed by atoms with E-state index in [1.807, 2.05) is 77.4 Å². The lowest BCUT2D eigenvalue weighted by atomic mass is 9.93. The van der Waals surface area contributed by atoms with E-state index in [9.17, 15) is 4.79 Å². The molecule has 5 nitrogen and oxygen atoms in total. The number of hydrogen-bond acceptors (Lipinski definition) is 3. The van der Waals surface area contributed by atoms with Crippen molar-refractivity contribution >= 4 is 16.9 Å². The first-order valence-corrected chi connectivity index (χ1v) is 12.2. The Kier molecular flexibility index (Phi) is 6.89. The van der Waals surface area contributed by atoms with Gasteiger partial charge in [-0.15, -0.1) is 0 Å². The number of amides is 1. The van der Waals surface area contributed by atoms with Crippen LogP contribution in [0.2, 0.25) is 0 Å². The van der Waals surface area contributed by atoms with Gasteiger partial charge in [0.15, 0.2) is 0 Å². The van der Waals surface area contributed by atoms with Gasteiger partial charge >= 0.3 is 0 Å². The maximum absolute atomic E-state index is 13.8. The highest BCUT2D eigenvalue weighted by molar-refractivity contribution is 5.81. The van der Waals surface area contributed by atoms with Crippen LogP contribution in [0.15, 0.2) is 84.9 Å². The highest BCUT2D eigenvalue weighted by Gasteiger charge is 2.27. The van der Waals surface area contributed by atoms with Gasteiger partial charge in [-0.25, -0.2) is 4.98 Å². The Labute approximate surface area is 201 Å². The van der Waals surface area contributed by atoms with Crippen molar-refractivity contribution in [3.05, 3.63) is 96.3 Å². The van der Waals surface area contributed by atoms with Gasteiger partial charge in [0.25, 0.3) is 0 Å². The lowest BCUT2D eigenvalue weighted by Gasteiger charge is -2.35. The molecule has 1 aliphatic rings. The fourth-order valence-electron chi connectivity index (χ4n) is 4.90. The number of carbonyl (C=O) groups excluding carboxylic acids is 1. The van der Waals surface area contributed by atoms with Crippen LogP contribution in [0.3, 0.4) is 0 Å². The molecule has 0 N–H and O–H groups in total. The summed E-state index contributed by atoms with van der Waals surface area (Å²) in [6.07, 6.45) is 5.79. The molecule has 5 rings (SSSR count). The minimum Gasteiger partial charge on any atom is -0.486 e. The highest BCUT2D eigenvalue weighted by atomic mass is 16.5. The summed E-state index contributed by atoms with van der Waals surface area (Å²) in [6, 6.07) is 28.3. The van der Waals surface area contributed by atoms with Crippen LogP contribution in [0.4, 0.5) is 0 Å². The average Bonchev–Trinajstić information content (AvgIpc) is 3.25. The minimum atomic E-state index is 0.139. The van der Waals surface area contributed by atoms with E-state index in [1.54, 1.807) is 0 Å². The van der Waals surface area contributed by atoms with Crippen molar-refractivity contribution in [3.63, 3.8) is 0 Å². The Morgan fingerprint density at radius 1 is 0.882 bits per heavy atom. The number of benzene rings is 3. The lowest BCUT2D eigenvalue weighted by molar-refractivity contribution is -0.135. The van der Waals surface area contributed by atoms with Gasteiger partial charge in [0.05, 0.1) is 11.0 Å². The predicted molar refractivity (Wildman–Crippen MR) is 134 cm³/mol. The molecule has 174 valence electrons. The lowest BCUT2D eigenvalue weighted by Crippen LogP contribution is -2.42. The van der Waals surface area contributed by atoms with Gasteiger partial charge in [0.1, 0.15) is 24.7 Å². The zero-order valence-corrected chi connectivity index (χ0v) is 19.5. The third-order valence-electron chi connectivity index (χ3n) is 6.67. The quantitative estimate of drug-likeness (QED) is 0.330. The summed E-state index contributed by atoms with van der Waals surface area (Å²) in [5, 5.41) is 0. The summed E-state index contributed by atoms with van der Waals surface area (Å²) in [7, 11) is 0. The molecule has 0 bridgehead atoms. The first kappa shape index (κ1) is 22.2. The van der Waals surface area contributed by atoms with Crippen molar-refractivity contribution in [1.29, 1.82) is 0 Å². The van der Waals surface area contributed by atoms with Crippen LogP contribution < -0.4 is 4.74 Å². The maximum atomic E-state index is 13.8. The van der Waals surface area contributed by atoms with Crippen LogP contribution in [0, 0.1) is 0 Å². The molecular weight excluding hydrogens is 422 g/mol. The number of rotatable bonds is 8. The van der Waals surface area contributed by atoms with Gasteiger partial charge in [-0.3, -0.25) is 4.79 Å². The molecule has 5 heteroatoms. The Hall–Kier alpha value is -3.60. The van der Waals surface area contributed by atoms with Crippen molar-refractivity contribution in [1.82, 2.24) is 14.5 Å². The van der Waals surface area contributed by atoms with E-state index in [2.05, 4.69) is 17.0 Å². The smallest absolute Gasteiger partial charge is 0.243 e. The normalized spacial score (nSPS) is 14.2. The van der Waals surface area contributed by atoms with Crippen molar-refractivity contribution in [2.24, 2.45) is 0 Å². The summed E-state index contributed by atoms with van der Waals surface area (Å²) in [5.74, 6) is 1.70. The van der Waals surface area contributed by atoms with Gasteiger partial charge in [-0.2, -0.15) is 0 Å². The van der Waals surface area contributed by atoms with Crippen LogP contribution in [0.25, 0.3) is 11.0 Å². The van der Waals surface area contributed by atoms with E-state index in [1.165, 1.54) is 24.8 Å². The van der Waals surface area contributed by atoms with Gasteiger partial charge < -0.3 is 14.2 Å². The van der Waals surface area contributed by atoms with Crippen LogP contribution in [0.1, 0.15) is 43.5 Å². The monoisotopic (exact) mass is 453 g/mol. The van der Waals surface area contributed by atoms with Crippen molar-refractivity contribution < 1.29 is 9.53 Å². The Morgan fingerprint density at radius 3 is 2.32 bits per heavy atom. The molecule has 3 aromatic carbocycles. The first-order chi connectivity index (χ1) is 16.8. The van der Waals surface area contributed by atoms with Crippen LogP contribution >= 0.6 is 0 Å². The largest absolute Gasteiger partial charge is 0.486 e. The van der Waals surface area contributed by atoms with Gasteiger partial charge in [0, 0.05) is 12.6 Å². The molecule has 0 saturated heterocycles. The van der Waals surface area contributed by atoms with E-state index < -0.39 is 0 Å². The van der Waals surface area contributed by atoms with Crippen LogP contribution in [-0.2, 0) is 24.5 Å². The van der Waals surface area contributed by atoms with Crippen molar-refractivity contribution in [2.75, 3.05) is 0 Å². The molecule has 0 unspecified atom stereocenters. The zero-order valence-electron chi connectivity index (χ0n) is 19.5. The number of aromatic nitrogens is 2. The Morgan fingerprint density at radius 2 is 1.56 bits per heavy atom. The molecule has 1 fully saturated rings. The second kappa shape index (κ2) is 10.6. The summed E-state index contributed by atoms with van der Waals surface area (Å²) in [4.78, 5) is 20.7. The summed E-state index contributed by atoms with van der Waals surface area (Å²) < 4.78 is 8.04. The predicted octanol–water partition coefficient (Wildman–Crippen LogP) is 5.98. The standard InChI is InChI=1S/C29H31N3O2/c33-29(31(24-14-6-2-7-15-24)20-23-12-4-1-5-13-23)21-32-27-19-11-10-18-26(27)30-28(32)22-34-25-16-8-3-9-17-25/h1,3-5,8-13,16-19,24H,2,6-7,14-15,20-22H2. The molecule has 1 saturated carbocycles. The van der Waals surface area contributed by atoms with E-state index in [0.29, 0.717) is 19.2 Å². The number of para-hydroxylation sites is 3. The highest BCUT2D eigenvalue weighted by Crippen LogP contribution is 2.26. The summed E-state index contributed by atoms with van der Waals surface area (Å²) in [5.41, 5.74) is 3.02. The second-order valence-electron chi connectivity index (χ2n) is 9.00. The summed E-state index contributed by atoms with van der Waals surface area (Å²) >= 11 is 0. The second-order valence-corrected chi connectivity index (χ2v) is 9.00. The fraction of sp³-hybridized carbons (Fsp3) is 0.310. The van der Waals surface area contributed by atoms with E-state index in [4.69, 9.17) is 9.72 Å². The number of fused-ring (bicyclic) bond motifs is 1. The first-order valence-electron chi connectivity index (χ1n) is 12.2. The summed E-state index contributed by atoms with van der Waals surface area (Å²) in [6.45, 7) is 1.22. The van der Waals surface area contributed by atoms with Gasteiger partial charge in [-0.05, 0) is 42.7 Å². The van der Waals surface area contributed by atoms with E-state index >= 15 is 0 Å². The number of imidazole rings is 1. The number of ether oxygens (including phenoxy) is 1. The molecule has 0 aliphatic heterocycles. The topological polar surface area (TPSA) is 47.4 Å². The molecule has 1 aromatic heterocycles. The van der Waals surface area contributed by atoms with Crippen LogP contribution in [-0.4, -0.2) is 26.4 Å². The molecule has 1 aliphatic carbocycles. The Balaban J connectivity index is 1.41. The molecule has 0 spiro atoms. The maximum Gasteiger partial charge on any atom is 0.243 e. The molecule has 34 heavy (non-hydrogen) atoms. The molecule has 1 amide bonds. The average molecular weight is 454 g/mol. The molecule has 4 aromatic rings. The van der Waals surface area contributed by atoms with Gasteiger partial charge in [-0.1, -0.05) is 79.9 Å². The van der Waals surface area contributed by atoms with Crippen molar-refractivity contribution in [3.8, 4) is 5.75 Å². The molecular formula is C29H31N3O2. The van der Waals surface area contributed by atoms with E-state index in [-0.39, 0.29) is 12.5 Å². The molecule has 1 heterocycles. The molecule has 0 radical (unpaired) electrons. The SMILES string of the molecule is O=C(Cn1c(COc2ccccc2)nc2ccccc21)N(Cc1ccccc1)C1CCCCC1. The molecule has 0 atom stereocenters. The minimum absolute atomic E-state index is 0.139. The van der Waals surface area contributed by atoms with E-state index in [0.717, 1.165) is 35.4 Å². The third kappa shape index (κ3) is 5.14. The van der Waals surface area contributed by atoms with Crippen molar-refractivity contribution in [2.45, 2.75) is 57.8 Å². The Bertz CT molecular complexity index is 1210.